The highest BCUT2D eigenvalue weighted by molar-refractivity contribution is 7.13. The standard InChI is InChI=1S/C18H19F2NO4S/c1-11-3-6-16(26-11)13(10-25-18(19)20)17(23)21-8-7-12-4-5-14(22)15(9-12)24-2/h3-6,9-10,18,22H,7-8H2,1-2H3,(H,21,23)/b13-10+. The zero-order valence-corrected chi connectivity index (χ0v) is 15.1. The number of halogens is 2. The van der Waals surface area contributed by atoms with Crippen molar-refractivity contribution >= 4 is 22.8 Å². The summed E-state index contributed by atoms with van der Waals surface area (Å²) in [6.07, 6.45) is 1.27. The first-order chi connectivity index (χ1) is 12.4. The second kappa shape index (κ2) is 9.19. The number of ether oxygens (including phenoxy) is 2. The van der Waals surface area contributed by atoms with Crippen molar-refractivity contribution in [2.24, 2.45) is 0 Å². The lowest BCUT2D eigenvalue weighted by Gasteiger charge is -2.09. The van der Waals surface area contributed by atoms with Crippen LogP contribution >= 0.6 is 11.3 Å². The maximum Gasteiger partial charge on any atom is 0.386 e. The molecule has 0 radical (unpaired) electrons. The Hall–Kier alpha value is -2.61. The monoisotopic (exact) mass is 383 g/mol. The molecule has 26 heavy (non-hydrogen) atoms. The number of aryl methyl sites for hydroxylation is 1. The van der Waals surface area contributed by atoms with E-state index >= 15 is 0 Å². The number of amides is 1. The summed E-state index contributed by atoms with van der Waals surface area (Å²) < 4.78 is 33.9. The summed E-state index contributed by atoms with van der Waals surface area (Å²) in [5.74, 6) is -0.130. The molecular formula is C18H19F2NO4S. The van der Waals surface area contributed by atoms with Crippen LogP contribution in [0, 0.1) is 6.92 Å². The van der Waals surface area contributed by atoms with Crippen molar-refractivity contribution in [3.8, 4) is 11.5 Å². The fraction of sp³-hybridized carbons (Fsp3) is 0.278. The van der Waals surface area contributed by atoms with Gasteiger partial charge in [-0.25, -0.2) is 0 Å². The van der Waals surface area contributed by atoms with Crippen molar-refractivity contribution in [1.82, 2.24) is 5.32 Å². The molecule has 0 atom stereocenters. The van der Waals surface area contributed by atoms with Crippen molar-refractivity contribution < 1.29 is 28.2 Å². The van der Waals surface area contributed by atoms with Gasteiger partial charge in [0.15, 0.2) is 11.5 Å². The van der Waals surface area contributed by atoms with E-state index in [0.29, 0.717) is 17.0 Å². The van der Waals surface area contributed by atoms with E-state index in [4.69, 9.17) is 4.74 Å². The Bertz CT molecular complexity index is 789. The predicted molar refractivity (Wildman–Crippen MR) is 95.5 cm³/mol. The second-order valence-electron chi connectivity index (χ2n) is 5.35. The molecule has 2 aromatic rings. The molecule has 8 heteroatoms. The number of hydrogen-bond donors (Lipinski definition) is 2. The molecule has 0 bridgehead atoms. The lowest BCUT2D eigenvalue weighted by molar-refractivity contribution is -0.116. The molecule has 0 aliphatic heterocycles. The molecule has 1 aromatic carbocycles. The molecule has 0 spiro atoms. The van der Waals surface area contributed by atoms with Crippen LogP contribution in [0.25, 0.3) is 5.57 Å². The minimum Gasteiger partial charge on any atom is -0.504 e. The minimum absolute atomic E-state index is 0.0303. The number of thiophene rings is 1. The highest BCUT2D eigenvalue weighted by Gasteiger charge is 2.15. The van der Waals surface area contributed by atoms with E-state index in [9.17, 15) is 18.7 Å². The molecule has 0 unspecified atom stereocenters. The van der Waals surface area contributed by atoms with Crippen molar-refractivity contribution in [1.29, 1.82) is 0 Å². The van der Waals surface area contributed by atoms with Gasteiger partial charge in [0, 0.05) is 16.3 Å². The molecule has 1 heterocycles. The lowest BCUT2D eigenvalue weighted by atomic mass is 10.1. The van der Waals surface area contributed by atoms with Crippen molar-refractivity contribution in [3.63, 3.8) is 0 Å². The summed E-state index contributed by atoms with van der Waals surface area (Å²) in [5.41, 5.74) is 0.896. The largest absolute Gasteiger partial charge is 0.504 e. The van der Waals surface area contributed by atoms with Gasteiger partial charge < -0.3 is 19.9 Å². The van der Waals surface area contributed by atoms with Crippen molar-refractivity contribution in [2.75, 3.05) is 13.7 Å². The second-order valence-corrected chi connectivity index (χ2v) is 6.64. The zero-order chi connectivity index (χ0) is 19.1. The zero-order valence-electron chi connectivity index (χ0n) is 14.3. The van der Waals surface area contributed by atoms with E-state index in [1.54, 1.807) is 24.3 Å². The van der Waals surface area contributed by atoms with Gasteiger partial charge in [0.1, 0.15) is 6.26 Å². The summed E-state index contributed by atoms with van der Waals surface area (Å²) in [7, 11) is 1.45. The number of alkyl halides is 2. The van der Waals surface area contributed by atoms with E-state index in [1.807, 2.05) is 6.92 Å². The maximum atomic E-state index is 12.4. The van der Waals surface area contributed by atoms with Crippen molar-refractivity contribution in [2.45, 2.75) is 20.0 Å². The molecule has 0 aliphatic rings. The molecule has 2 N–H and O–H groups in total. The van der Waals surface area contributed by atoms with Crippen LogP contribution in [0.1, 0.15) is 15.3 Å². The van der Waals surface area contributed by atoms with Crippen molar-refractivity contribution in [3.05, 3.63) is 51.9 Å². The maximum absolute atomic E-state index is 12.4. The fourth-order valence-corrected chi connectivity index (χ4v) is 3.09. The number of phenols is 1. The van der Waals surface area contributed by atoms with Crippen LogP contribution in [-0.4, -0.2) is 31.3 Å². The van der Waals surface area contributed by atoms with Crippen LogP contribution in [0.4, 0.5) is 8.78 Å². The minimum atomic E-state index is -3.00. The van der Waals surface area contributed by atoms with Crippen LogP contribution in [0.5, 0.6) is 11.5 Å². The van der Waals surface area contributed by atoms with E-state index in [1.165, 1.54) is 24.5 Å². The first kappa shape index (κ1) is 19.7. The molecule has 1 aromatic heterocycles. The van der Waals surface area contributed by atoms with E-state index < -0.39 is 12.5 Å². The Labute approximate surface area is 153 Å². The summed E-state index contributed by atoms with van der Waals surface area (Å²) in [4.78, 5) is 13.9. The smallest absolute Gasteiger partial charge is 0.386 e. The van der Waals surface area contributed by atoms with Crippen LogP contribution in [0.3, 0.4) is 0 Å². The average Bonchev–Trinajstić information content (AvgIpc) is 3.02. The summed E-state index contributed by atoms with van der Waals surface area (Å²) >= 11 is 1.31. The normalized spacial score (nSPS) is 11.5. The first-order valence-corrected chi connectivity index (χ1v) is 8.57. The molecule has 0 saturated heterocycles. The number of carbonyl (C=O) groups excluding carboxylic acids is 1. The van der Waals surface area contributed by atoms with E-state index in [2.05, 4.69) is 10.1 Å². The van der Waals surface area contributed by atoms with Gasteiger partial charge in [-0.15, -0.1) is 11.3 Å². The van der Waals surface area contributed by atoms with Crippen LogP contribution in [-0.2, 0) is 16.0 Å². The van der Waals surface area contributed by atoms with Gasteiger partial charge in [-0.1, -0.05) is 6.07 Å². The van der Waals surface area contributed by atoms with Gasteiger partial charge in [0.05, 0.1) is 12.7 Å². The Morgan fingerprint density at radius 1 is 1.35 bits per heavy atom. The van der Waals surface area contributed by atoms with Crippen LogP contribution in [0.15, 0.2) is 36.6 Å². The number of benzene rings is 1. The molecule has 2 rings (SSSR count). The third kappa shape index (κ3) is 5.45. The number of methoxy groups -OCH3 is 1. The van der Waals surface area contributed by atoms with Gasteiger partial charge in [0.2, 0.25) is 0 Å². The van der Waals surface area contributed by atoms with Gasteiger partial charge >= 0.3 is 6.61 Å². The first-order valence-electron chi connectivity index (χ1n) is 7.75. The van der Waals surface area contributed by atoms with Crippen LogP contribution < -0.4 is 10.1 Å². The molecule has 140 valence electrons. The van der Waals surface area contributed by atoms with Gasteiger partial charge in [-0.3, -0.25) is 4.79 Å². The summed E-state index contributed by atoms with van der Waals surface area (Å²) in [5, 5.41) is 12.3. The summed E-state index contributed by atoms with van der Waals surface area (Å²) in [6.45, 7) is -0.859. The Kier molecular flexibility index (Phi) is 6.97. The Morgan fingerprint density at radius 3 is 2.73 bits per heavy atom. The van der Waals surface area contributed by atoms with E-state index in [0.717, 1.165) is 16.7 Å². The quantitative estimate of drug-likeness (QED) is 0.539. The molecule has 0 fully saturated rings. The Morgan fingerprint density at radius 2 is 2.12 bits per heavy atom. The highest BCUT2D eigenvalue weighted by Crippen LogP contribution is 2.27. The van der Waals surface area contributed by atoms with Gasteiger partial charge in [-0.2, -0.15) is 8.78 Å². The number of aromatic hydroxyl groups is 1. The number of nitrogens with one attached hydrogen (secondary N) is 1. The third-order valence-electron chi connectivity index (χ3n) is 3.48. The summed E-state index contributed by atoms with van der Waals surface area (Å²) in [6, 6.07) is 8.37. The molecular weight excluding hydrogens is 364 g/mol. The Balaban J connectivity index is 2.02. The van der Waals surface area contributed by atoms with Gasteiger partial charge in [-0.05, 0) is 43.2 Å². The highest BCUT2D eigenvalue weighted by atomic mass is 32.1. The third-order valence-corrected chi connectivity index (χ3v) is 4.52. The molecule has 0 aliphatic carbocycles. The molecule has 1 amide bonds. The number of hydrogen-bond acceptors (Lipinski definition) is 5. The topological polar surface area (TPSA) is 67.8 Å². The molecule has 0 saturated carbocycles. The molecule has 5 nitrogen and oxygen atoms in total. The number of phenolic OH excluding ortho intramolecular Hbond substituents is 1. The predicted octanol–water partition coefficient (Wildman–Crippen LogP) is 3.71. The lowest BCUT2D eigenvalue weighted by Crippen LogP contribution is -2.26. The number of carbonyl (C=O) groups is 1. The van der Waals surface area contributed by atoms with E-state index in [-0.39, 0.29) is 17.9 Å². The van der Waals surface area contributed by atoms with Gasteiger partial charge in [0.25, 0.3) is 5.91 Å². The fourth-order valence-electron chi connectivity index (χ4n) is 2.22. The SMILES string of the molecule is COc1cc(CCNC(=O)/C(=C/OC(F)F)c2ccc(C)s2)ccc1O. The number of rotatable bonds is 8. The average molecular weight is 383 g/mol. The van der Waals surface area contributed by atoms with Crippen LogP contribution in [0.2, 0.25) is 0 Å².